The van der Waals surface area contributed by atoms with Crippen molar-refractivity contribution in [1.29, 1.82) is 0 Å². The maximum absolute atomic E-state index is 12.4. The lowest BCUT2D eigenvalue weighted by Gasteiger charge is -2.04. The number of carbonyl (C=O) groups is 1. The first kappa shape index (κ1) is 17.3. The number of hydrogen-bond donors (Lipinski definition) is 1. The zero-order valence-corrected chi connectivity index (χ0v) is 16.1. The summed E-state index contributed by atoms with van der Waals surface area (Å²) in [6, 6.07) is 22.3. The number of nitrogens with zero attached hydrogens (tertiary/aromatic N) is 3. The molecule has 0 fully saturated rings. The fraction of sp³-hybridized carbons (Fsp3) is 0. The van der Waals surface area contributed by atoms with Gasteiger partial charge >= 0.3 is 0 Å². The maximum atomic E-state index is 12.4. The molecular formula is C23H16N4OS. The van der Waals surface area contributed by atoms with Crippen molar-refractivity contribution in [1.82, 2.24) is 14.4 Å². The van der Waals surface area contributed by atoms with Gasteiger partial charge in [-0.3, -0.25) is 4.79 Å². The Labute approximate surface area is 171 Å². The molecule has 140 valence electrons. The van der Waals surface area contributed by atoms with Gasteiger partial charge in [-0.25, -0.2) is 9.97 Å². The average Bonchev–Trinajstić information content (AvgIpc) is 3.45. The summed E-state index contributed by atoms with van der Waals surface area (Å²) in [5.74, 6) is -0.241. The lowest BCUT2D eigenvalue weighted by Crippen LogP contribution is -2.12. The number of anilines is 1. The number of aromatic nitrogens is 3. The van der Waals surface area contributed by atoms with Crippen LogP contribution in [0.2, 0.25) is 0 Å². The molecule has 0 atom stereocenters. The Morgan fingerprint density at radius 1 is 0.931 bits per heavy atom. The molecule has 1 N–H and O–H groups in total. The minimum Gasteiger partial charge on any atom is -0.317 e. The van der Waals surface area contributed by atoms with E-state index in [1.54, 1.807) is 10.9 Å². The van der Waals surface area contributed by atoms with Crippen LogP contribution in [0.4, 0.5) is 5.69 Å². The van der Waals surface area contributed by atoms with Crippen molar-refractivity contribution >= 4 is 28.6 Å². The van der Waals surface area contributed by atoms with Gasteiger partial charge in [-0.05, 0) is 29.3 Å². The normalized spacial score (nSPS) is 10.9. The zero-order valence-electron chi connectivity index (χ0n) is 15.3. The van der Waals surface area contributed by atoms with Crippen LogP contribution < -0.4 is 5.32 Å². The highest BCUT2D eigenvalue weighted by molar-refractivity contribution is 7.07. The predicted molar refractivity (Wildman–Crippen MR) is 116 cm³/mol. The molecule has 1 amide bonds. The highest BCUT2D eigenvalue weighted by Gasteiger charge is 2.13. The minimum absolute atomic E-state index is 0.241. The van der Waals surface area contributed by atoms with Crippen molar-refractivity contribution in [3.05, 3.63) is 95.7 Å². The second-order valence-corrected chi connectivity index (χ2v) is 7.27. The fourth-order valence-electron chi connectivity index (χ4n) is 3.25. The van der Waals surface area contributed by atoms with E-state index in [1.165, 1.54) is 11.3 Å². The van der Waals surface area contributed by atoms with Crippen LogP contribution in [0.25, 0.3) is 28.0 Å². The molecule has 29 heavy (non-hydrogen) atoms. The Bertz CT molecular complexity index is 1290. The van der Waals surface area contributed by atoms with Crippen LogP contribution in [-0.4, -0.2) is 20.3 Å². The smallest absolute Gasteiger partial charge is 0.275 e. The van der Waals surface area contributed by atoms with Crippen LogP contribution in [0.5, 0.6) is 0 Å². The number of amides is 1. The van der Waals surface area contributed by atoms with Crippen molar-refractivity contribution < 1.29 is 4.79 Å². The summed E-state index contributed by atoms with van der Waals surface area (Å²) in [6.07, 6.45) is 3.89. The molecule has 0 saturated heterocycles. The quantitative estimate of drug-likeness (QED) is 0.444. The van der Waals surface area contributed by atoms with Gasteiger partial charge in [0.15, 0.2) is 5.65 Å². The summed E-state index contributed by atoms with van der Waals surface area (Å²) < 4.78 is 1.92. The van der Waals surface area contributed by atoms with Gasteiger partial charge in [0.2, 0.25) is 0 Å². The molecular weight excluding hydrogens is 380 g/mol. The van der Waals surface area contributed by atoms with Crippen LogP contribution in [0.3, 0.4) is 0 Å². The van der Waals surface area contributed by atoms with Gasteiger partial charge in [0.25, 0.3) is 5.91 Å². The Morgan fingerprint density at radius 3 is 2.59 bits per heavy atom. The summed E-state index contributed by atoms with van der Waals surface area (Å²) >= 11 is 1.39. The number of carbonyl (C=O) groups excluding carboxylic acids is 1. The summed E-state index contributed by atoms with van der Waals surface area (Å²) in [7, 11) is 0. The molecule has 0 bridgehead atoms. The van der Waals surface area contributed by atoms with Gasteiger partial charge in [-0.2, -0.15) is 0 Å². The number of hydrogen-bond acceptors (Lipinski definition) is 4. The number of benzene rings is 2. The highest BCUT2D eigenvalue weighted by atomic mass is 32.1. The van der Waals surface area contributed by atoms with E-state index in [-0.39, 0.29) is 5.91 Å². The van der Waals surface area contributed by atoms with E-state index in [0.717, 1.165) is 22.4 Å². The molecule has 0 aliphatic rings. The Hall–Kier alpha value is -3.77. The summed E-state index contributed by atoms with van der Waals surface area (Å²) in [5.41, 5.74) is 7.55. The van der Waals surface area contributed by atoms with E-state index in [2.05, 4.69) is 34.6 Å². The molecule has 0 aliphatic carbocycles. The van der Waals surface area contributed by atoms with Crippen molar-refractivity contribution in [2.24, 2.45) is 0 Å². The number of fused-ring (bicyclic) bond motifs is 1. The Morgan fingerprint density at radius 2 is 1.76 bits per heavy atom. The van der Waals surface area contributed by atoms with Gasteiger partial charge in [-0.1, -0.05) is 48.5 Å². The second-order valence-electron chi connectivity index (χ2n) is 6.55. The van der Waals surface area contributed by atoms with E-state index in [1.807, 2.05) is 59.3 Å². The molecule has 5 nitrogen and oxygen atoms in total. The van der Waals surface area contributed by atoms with Gasteiger partial charge in [0, 0.05) is 23.3 Å². The third-order valence-electron chi connectivity index (χ3n) is 4.66. The van der Waals surface area contributed by atoms with Crippen molar-refractivity contribution in [2.75, 3.05) is 5.32 Å². The molecule has 0 aliphatic heterocycles. The third-order valence-corrected chi connectivity index (χ3v) is 5.25. The Kier molecular flexibility index (Phi) is 4.38. The first-order chi connectivity index (χ1) is 14.3. The Balaban J connectivity index is 1.52. The molecule has 5 rings (SSSR count). The maximum Gasteiger partial charge on any atom is 0.275 e. The van der Waals surface area contributed by atoms with Gasteiger partial charge in [0.1, 0.15) is 5.69 Å². The largest absolute Gasteiger partial charge is 0.317 e. The lowest BCUT2D eigenvalue weighted by atomic mass is 10.0. The van der Waals surface area contributed by atoms with Crippen LogP contribution >= 0.6 is 11.3 Å². The van der Waals surface area contributed by atoms with Crippen molar-refractivity contribution in [3.63, 3.8) is 0 Å². The SMILES string of the molecule is O=C(Nc1cccn2cc(-c3cccc(-c4ccccc4)c3)nc12)c1cscn1. The van der Waals surface area contributed by atoms with Crippen molar-refractivity contribution in [2.45, 2.75) is 0 Å². The average molecular weight is 396 g/mol. The molecule has 0 radical (unpaired) electrons. The lowest BCUT2D eigenvalue weighted by molar-refractivity contribution is 0.102. The number of nitrogens with one attached hydrogen (secondary N) is 1. The molecule has 3 aromatic heterocycles. The molecule has 0 spiro atoms. The number of pyridine rings is 1. The number of imidazole rings is 1. The molecule has 2 aromatic carbocycles. The monoisotopic (exact) mass is 396 g/mol. The summed E-state index contributed by atoms with van der Waals surface area (Å²) in [5, 5.41) is 4.63. The van der Waals surface area contributed by atoms with Gasteiger partial charge in [0.05, 0.1) is 16.9 Å². The third kappa shape index (κ3) is 3.41. The van der Waals surface area contributed by atoms with Crippen LogP contribution in [-0.2, 0) is 0 Å². The summed E-state index contributed by atoms with van der Waals surface area (Å²) in [4.78, 5) is 21.2. The van der Waals surface area contributed by atoms with Crippen LogP contribution in [0.1, 0.15) is 10.5 Å². The summed E-state index contributed by atoms with van der Waals surface area (Å²) in [6.45, 7) is 0. The van der Waals surface area contributed by atoms with E-state index < -0.39 is 0 Å². The topological polar surface area (TPSA) is 59.3 Å². The molecule has 5 aromatic rings. The van der Waals surface area contributed by atoms with E-state index in [9.17, 15) is 4.79 Å². The number of thiazole rings is 1. The molecule has 0 unspecified atom stereocenters. The fourth-order valence-corrected chi connectivity index (χ4v) is 3.78. The molecule has 3 heterocycles. The van der Waals surface area contributed by atoms with Crippen LogP contribution in [0.15, 0.2) is 90.0 Å². The van der Waals surface area contributed by atoms with Crippen molar-refractivity contribution in [3.8, 4) is 22.4 Å². The highest BCUT2D eigenvalue weighted by Crippen LogP contribution is 2.27. The molecule has 6 heteroatoms. The standard InChI is InChI=1S/C23H16N4OS/c28-23(21-14-29-15-24-21)26-19-10-5-11-27-13-20(25-22(19)27)18-9-4-8-17(12-18)16-6-2-1-3-7-16/h1-15H,(H,26,28). The zero-order chi connectivity index (χ0) is 19.6. The minimum atomic E-state index is -0.241. The van der Waals surface area contributed by atoms with E-state index in [0.29, 0.717) is 17.0 Å². The molecule has 0 saturated carbocycles. The number of rotatable bonds is 4. The van der Waals surface area contributed by atoms with Gasteiger partial charge < -0.3 is 9.72 Å². The van der Waals surface area contributed by atoms with Gasteiger partial charge in [-0.15, -0.1) is 11.3 Å². The van der Waals surface area contributed by atoms with E-state index in [4.69, 9.17) is 4.98 Å². The van der Waals surface area contributed by atoms with Crippen LogP contribution in [0, 0.1) is 0 Å². The first-order valence-electron chi connectivity index (χ1n) is 9.11. The second kappa shape index (κ2) is 7.33. The first-order valence-corrected chi connectivity index (χ1v) is 10.1. The predicted octanol–water partition coefficient (Wildman–Crippen LogP) is 5.38. The van der Waals surface area contributed by atoms with E-state index >= 15 is 0 Å².